The second-order valence-electron chi connectivity index (χ2n) is 4.48. The molecule has 0 atom stereocenters. The van der Waals surface area contributed by atoms with Crippen LogP contribution in [0.4, 0.5) is 0 Å². The molecule has 1 amide bonds. The number of carbonyl (C=O) groups excluding carboxylic acids is 1. The Hall–Kier alpha value is -0.780. The van der Waals surface area contributed by atoms with Crippen molar-refractivity contribution in [1.82, 2.24) is 4.90 Å². The van der Waals surface area contributed by atoms with E-state index in [4.69, 9.17) is 10.5 Å². The molecule has 0 bridgehead atoms. The van der Waals surface area contributed by atoms with Gasteiger partial charge in [0.2, 0.25) is 0 Å². The van der Waals surface area contributed by atoms with Gasteiger partial charge in [0, 0.05) is 24.7 Å². The predicted octanol–water partition coefficient (Wildman–Crippen LogP) is 2.44. The third-order valence-electron chi connectivity index (χ3n) is 3.23. The highest BCUT2D eigenvalue weighted by Crippen LogP contribution is 2.26. The van der Waals surface area contributed by atoms with E-state index in [1.807, 2.05) is 4.90 Å². The van der Waals surface area contributed by atoms with Gasteiger partial charge >= 0.3 is 0 Å². The molecule has 1 saturated heterocycles. The molecule has 106 valence electrons. The summed E-state index contributed by atoms with van der Waals surface area (Å²) in [5, 5.41) is 0. The number of benzene rings is 1. The molecule has 0 aliphatic carbocycles. The summed E-state index contributed by atoms with van der Waals surface area (Å²) in [5.41, 5.74) is 6.51. The fraction of sp³-hybridized carbons (Fsp3) is 0.462. The third kappa shape index (κ3) is 3.84. The second kappa shape index (κ2) is 7.12. The van der Waals surface area contributed by atoms with Gasteiger partial charge in [0.05, 0.1) is 11.6 Å². The second-order valence-corrected chi connectivity index (χ2v) is 5.33. The van der Waals surface area contributed by atoms with Gasteiger partial charge in [-0.3, -0.25) is 4.79 Å². The molecule has 19 heavy (non-hydrogen) atoms. The monoisotopic (exact) mass is 348 g/mol. The van der Waals surface area contributed by atoms with E-state index in [0.29, 0.717) is 5.56 Å². The summed E-state index contributed by atoms with van der Waals surface area (Å²) < 4.78 is 5.95. The summed E-state index contributed by atoms with van der Waals surface area (Å²) in [4.78, 5) is 14.1. The normalized spacial score (nSPS) is 15.8. The average molecular weight is 350 g/mol. The molecule has 4 nitrogen and oxygen atoms in total. The van der Waals surface area contributed by atoms with Crippen LogP contribution in [0.15, 0.2) is 22.7 Å². The molecule has 1 aliphatic rings. The SMILES string of the molecule is COc1ccc(C(=O)N2CCC(N)CC2)cc1Br.Cl. The highest BCUT2D eigenvalue weighted by Gasteiger charge is 2.22. The van der Waals surface area contributed by atoms with Crippen molar-refractivity contribution in [2.45, 2.75) is 18.9 Å². The Labute approximate surface area is 127 Å². The van der Waals surface area contributed by atoms with Crippen LogP contribution in [0.25, 0.3) is 0 Å². The van der Waals surface area contributed by atoms with Crippen molar-refractivity contribution >= 4 is 34.2 Å². The molecular formula is C13H18BrClN2O2. The fourth-order valence-corrected chi connectivity index (χ4v) is 2.63. The number of nitrogens with two attached hydrogens (primary N) is 1. The molecular weight excluding hydrogens is 332 g/mol. The van der Waals surface area contributed by atoms with Gasteiger partial charge in [-0.2, -0.15) is 0 Å². The van der Waals surface area contributed by atoms with Crippen molar-refractivity contribution in [2.75, 3.05) is 20.2 Å². The zero-order valence-corrected chi connectivity index (χ0v) is 13.2. The van der Waals surface area contributed by atoms with E-state index < -0.39 is 0 Å². The van der Waals surface area contributed by atoms with Gasteiger partial charge in [0.15, 0.2) is 0 Å². The minimum atomic E-state index is 0. The maximum atomic E-state index is 12.3. The summed E-state index contributed by atoms with van der Waals surface area (Å²) in [6.07, 6.45) is 1.76. The van der Waals surface area contributed by atoms with E-state index in [0.717, 1.165) is 36.2 Å². The number of nitrogens with zero attached hydrogens (tertiary/aromatic N) is 1. The Morgan fingerprint density at radius 3 is 2.58 bits per heavy atom. The van der Waals surface area contributed by atoms with E-state index in [-0.39, 0.29) is 24.4 Å². The van der Waals surface area contributed by atoms with Crippen LogP contribution in [0, 0.1) is 0 Å². The van der Waals surface area contributed by atoms with E-state index in [1.165, 1.54) is 0 Å². The number of methoxy groups -OCH3 is 1. The summed E-state index contributed by atoms with van der Waals surface area (Å²) in [5.74, 6) is 0.789. The first-order valence-corrected chi connectivity index (χ1v) is 6.79. The zero-order chi connectivity index (χ0) is 13.1. The minimum absolute atomic E-state index is 0. The smallest absolute Gasteiger partial charge is 0.253 e. The Morgan fingerprint density at radius 1 is 1.42 bits per heavy atom. The topological polar surface area (TPSA) is 55.6 Å². The van der Waals surface area contributed by atoms with Gasteiger partial charge in [-0.1, -0.05) is 0 Å². The van der Waals surface area contributed by atoms with Crippen molar-refractivity contribution < 1.29 is 9.53 Å². The molecule has 1 aromatic rings. The zero-order valence-electron chi connectivity index (χ0n) is 10.8. The van der Waals surface area contributed by atoms with Crippen LogP contribution < -0.4 is 10.5 Å². The first-order valence-electron chi connectivity index (χ1n) is 6.00. The lowest BCUT2D eigenvalue weighted by Crippen LogP contribution is -2.42. The van der Waals surface area contributed by atoms with Gasteiger partial charge < -0.3 is 15.4 Å². The highest BCUT2D eigenvalue weighted by atomic mass is 79.9. The number of amides is 1. The van der Waals surface area contributed by atoms with Gasteiger partial charge in [0.1, 0.15) is 5.75 Å². The highest BCUT2D eigenvalue weighted by molar-refractivity contribution is 9.10. The van der Waals surface area contributed by atoms with Crippen LogP contribution in [-0.4, -0.2) is 37.0 Å². The number of hydrogen-bond donors (Lipinski definition) is 1. The lowest BCUT2D eigenvalue weighted by Gasteiger charge is -2.30. The number of ether oxygens (including phenoxy) is 1. The third-order valence-corrected chi connectivity index (χ3v) is 3.85. The van der Waals surface area contributed by atoms with E-state index >= 15 is 0 Å². The lowest BCUT2D eigenvalue weighted by molar-refractivity contribution is 0.0714. The van der Waals surface area contributed by atoms with Crippen molar-refractivity contribution in [1.29, 1.82) is 0 Å². The molecule has 1 aromatic carbocycles. The molecule has 1 fully saturated rings. The number of likely N-dealkylation sites (tertiary alicyclic amines) is 1. The van der Waals surface area contributed by atoms with Gasteiger partial charge in [0.25, 0.3) is 5.91 Å². The fourth-order valence-electron chi connectivity index (χ4n) is 2.08. The molecule has 1 aliphatic heterocycles. The van der Waals surface area contributed by atoms with Crippen LogP contribution in [0.1, 0.15) is 23.2 Å². The van der Waals surface area contributed by atoms with Crippen LogP contribution in [-0.2, 0) is 0 Å². The molecule has 0 aromatic heterocycles. The summed E-state index contributed by atoms with van der Waals surface area (Å²) >= 11 is 3.39. The maximum absolute atomic E-state index is 12.3. The number of rotatable bonds is 2. The number of carbonyl (C=O) groups is 1. The number of piperidine rings is 1. The van der Waals surface area contributed by atoms with Gasteiger partial charge in [-0.15, -0.1) is 12.4 Å². The first-order chi connectivity index (χ1) is 8.61. The molecule has 0 spiro atoms. The minimum Gasteiger partial charge on any atom is -0.496 e. The number of halogens is 2. The largest absolute Gasteiger partial charge is 0.496 e. The quantitative estimate of drug-likeness (QED) is 0.892. The first kappa shape index (κ1) is 16.3. The maximum Gasteiger partial charge on any atom is 0.253 e. The molecule has 0 unspecified atom stereocenters. The van der Waals surface area contributed by atoms with Crippen LogP contribution in [0.5, 0.6) is 5.75 Å². The average Bonchev–Trinajstić information content (AvgIpc) is 2.38. The Morgan fingerprint density at radius 2 is 2.05 bits per heavy atom. The molecule has 0 radical (unpaired) electrons. The molecule has 2 rings (SSSR count). The van der Waals surface area contributed by atoms with Crippen LogP contribution >= 0.6 is 28.3 Å². The van der Waals surface area contributed by atoms with Gasteiger partial charge in [-0.05, 0) is 47.0 Å². The van der Waals surface area contributed by atoms with Crippen LogP contribution in [0.2, 0.25) is 0 Å². The van der Waals surface area contributed by atoms with Gasteiger partial charge in [-0.25, -0.2) is 0 Å². The molecule has 0 saturated carbocycles. The van der Waals surface area contributed by atoms with Crippen molar-refractivity contribution in [3.63, 3.8) is 0 Å². The standard InChI is InChI=1S/C13H17BrN2O2.ClH/c1-18-12-3-2-9(8-11(12)14)13(17)16-6-4-10(15)5-7-16;/h2-3,8,10H,4-7,15H2,1H3;1H. The molecule has 1 heterocycles. The number of hydrogen-bond acceptors (Lipinski definition) is 3. The van der Waals surface area contributed by atoms with E-state index in [2.05, 4.69) is 15.9 Å². The summed E-state index contributed by atoms with van der Waals surface area (Å²) in [6, 6.07) is 5.63. The Balaban J connectivity index is 0.00000180. The lowest BCUT2D eigenvalue weighted by atomic mass is 10.0. The van der Waals surface area contributed by atoms with Crippen molar-refractivity contribution in [2.24, 2.45) is 5.73 Å². The summed E-state index contributed by atoms with van der Waals surface area (Å²) in [6.45, 7) is 1.48. The predicted molar refractivity (Wildman–Crippen MR) is 81.1 cm³/mol. The van der Waals surface area contributed by atoms with E-state index in [9.17, 15) is 4.79 Å². The summed E-state index contributed by atoms with van der Waals surface area (Å²) in [7, 11) is 1.60. The van der Waals surface area contributed by atoms with Crippen molar-refractivity contribution in [3.8, 4) is 5.75 Å². The molecule has 2 N–H and O–H groups in total. The van der Waals surface area contributed by atoms with Crippen LogP contribution in [0.3, 0.4) is 0 Å². The Bertz CT molecular complexity index is 448. The Kier molecular flexibility index (Phi) is 6.10. The van der Waals surface area contributed by atoms with E-state index in [1.54, 1.807) is 25.3 Å². The van der Waals surface area contributed by atoms with Crippen molar-refractivity contribution in [3.05, 3.63) is 28.2 Å². The molecule has 6 heteroatoms.